The molecule has 1 aliphatic rings. The number of hydrogen-bond acceptors (Lipinski definition) is 6. The summed E-state index contributed by atoms with van der Waals surface area (Å²) in [5.41, 5.74) is 0. The molecule has 1 saturated heterocycles. The van der Waals surface area contributed by atoms with E-state index in [0.29, 0.717) is 37.8 Å². The van der Waals surface area contributed by atoms with E-state index in [2.05, 4.69) is 10.1 Å². The number of likely N-dealkylation sites (tertiary alicyclic amines) is 1. The van der Waals surface area contributed by atoms with Crippen LogP contribution in [-0.4, -0.2) is 51.9 Å². The van der Waals surface area contributed by atoms with Crippen LogP contribution < -0.4 is 0 Å². The monoisotopic (exact) mass is 362 g/mol. The summed E-state index contributed by atoms with van der Waals surface area (Å²) in [6.45, 7) is 3.41. The summed E-state index contributed by atoms with van der Waals surface area (Å²) in [7, 11) is 1.73. The third-order valence-corrected chi connectivity index (χ3v) is 5.22. The Kier molecular flexibility index (Phi) is 5.47. The molecule has 2 amide bonds. The molecule has 0 aromatic carbocycles. The van der Waals surface area contributed by atoms with E-state index < -0.39 is 0 Å². The van der Waals surface area contributed by atoms with Gasteiger partial charge in [0.2, 0.25) is 11.8 Å². The molecule has 0 spiro atoms. The number of nitrogens with zero attached hydrogens (tertiary/aromatic N) is 4. The van der Waals surface area contributed by atoms with Crippen molar-refractivity contribution < 1.29 is 14.1 Å². The van der Waals surface area contributed by atoms with E-state index >= 15 is 0 Å². The van der Waals surface area contributed by atoms with Gasteiger partial charge in [0.15, 0.2) is 5.82 Å². The minimum Gasteiger partial charge on any atom is -0.337 e. The Balaban J connectivity index is 1.60. The van der Waals surface area contributed by atoms with E-state index in [4.69, 9.17) is 4.52 Å². The van der Waals surface area contributed by atoms with E-state index in [9.17, 15) is 9.59 Å². The maximum Gasteiger partial charge on any atom is 0.263 e. The molecule has 0 aliphatic carbocycles. The second kappa shape index (κ2) is 7.77. The van der Waals surface area contributed by atoms with Crippen molar-refractivity contribution in [3.8, 4) is 0 Å². The molecule has 0 N–H and O–H groups in total. The summed E-state index contributed by atoms with van der Waals surface area (Å²) in [6.07, 6.45) is 2.33. The first-order valence-electron chi connectivity index (χ1n) is 8.47. The van der Waals surface area contributed by atoms with Crippen LogP contribution in [0.1, 0.15) is 41.2 Å². The van der Waals surface area contributed by atoms with Crippen molar-refractivity contribution in [3.05, 3.63) is 34.1 Å². The van der Waals surface area contributed by atoms with Crippen molar-refractivity contribution >= 4 is 23.2 Å². The first kappa shape index (κ1) is 17.6. The molecule has 3 heterocycles. The zero-order valence-corrected chi connectivity index (χ0v) is 15.3. The highest BCUT2D eigenvalue weighted by Gasteiger charge is 2.31. The predicted molar refractivity (Wildman–Crippen MR) is 93.1 cm³/mol. The zero-order chi connectivity index (χ0) is 17.8. The maximum absolute atomic E-state index is 12.7. The van der Waals surface area contributed by atoms with Gasteiger partial charge in [-0.1, -0.05) is 18.1 Å². The number of carbonyl (C=O) groups excluding carboxylic acids is 2. The van der Waals surface area contributed by atoms with Gasteiger partial charge in [-0.2, -0.15) is 4.98 Å². The topological polar surface area (TPSA) is 79.5 Å². The number of aromatic nitrogens is 2. The van der Waals surface area contributed by atoms with Crippen LogP contribution in [0.4, 0.5) is 0 Å². The molecule has 8 heteroatoms. The van der Waals surface area contributed by atoms with Gasteiger partial charge in [-0.25, -0.2) is 0 Å². The first-order valence-corrected chi connectivity index (χ1v) is 9.35. The third kappa shape index (κ3) is 4.07. The number of carbonyl (C=O) groups is 2. The normalized spacial score (nSPS) is 17.5. The predicted octanol–water partition coefficient (Wildman–Crippen LogP) is 2.20. The minimum absolute atomic E-state index is 0.0136. The highest BCUT2D eigenvalue weighted by atomic mass is 32.1. The number of aryl methyl sites for hydroxylation is 1. The molecule has 1 unspecified atom stereocenters. The van der Waals surface area contributed by atoms with Crippen molar-refractivity contribution in [2.45, 2.75) is 32.7 Å². The molecule has 1 fully saturated rings. The second-order valence-electron chi connectivity index (χ2n) is 6.22. The van der Waals surface area contributed by atoms with Crippen molar-refractivity contribution in [1.82, 2.24) is 19.9 Å². The Morgan fingerprint density at radius 1 is 1.48 bits per heavy atom. The van der Waals surface area contributed by atoms with Gasteiger partial charge in [0, 0.05) is 26.6 Å². The van der Waals surface area contributed by atoms with Crippen molar-refractivity contribution in [1.29, 1.82) is 0 Å². The van der Waals surface area contributed by atoms with E-state index in [0.717, 1.165) is 17.7 Å². The van der Waals surface area contributed by atoms with E-state index in [1.807, 2.05) is 24.4 Å². The van der Waals surface area contributed by atoms with Gasteiger partial charge in [0.05, 0.1) is 17.3 Å². The molecule has 2 aromatic heterocycles. The van der Waals surface area contributed by atoms with Crippen molar-refractivity contribution in [3.63, 3.8) is 0 Å². The Hall–Kier alpha value is -2.22. The van der Waals surface area contributed by atoms with Crippen LogP contribution in [0.5, 0.6) is 0 Å². The van der Waals surface area contributed by atoms with Crippen LogP contribution in [0, 0.1) is 5.92 Å². The molecule has 1 aliphatic heterocycles. The fourth-order valence-electron chi connectivity index (χ4n) is 3.01. The van der Waals surface area contributed by atoms with Crippen LogP contribution in [0.15, 0.2) is 22.0 Å². The maximum atomic E-state index is 12.7. The number of rotatable bonds is 5. The van der Waals surface area contributed by atoms with E-state index in [-0.39, 0.29) is 17.7 Å². The van der Waals surface area contributed by atoms with Crippen LogP contribution in [0.3, 0.4) is 0 Å². The molecule has 7 nitrogen and oxygen atoms in total. The lowest BCUT2D eigenvalue weighted by molar-refractivity contribution is -0.136. The molecule has 25 heavy (non-hydrogen) atoms. The average Bonchev–Trinajstić information content (AvgIpc) is 3.32. The number of hydrogen-bond donors (Lipinski definition) is 0. The first-order chi connectivity index (χ1) is 12.1. The fourth-order valence-corrected chi connectivity index (χ4v) is 3.70. The SMILES string of the molecule is CCc1noc(CN(C)C(=O)C2CCCN(C(=O)c3cccs3)C2)n1. The summed E-state index contributed by atoms with van der Waals surface area (Å²) < 4.78 is 5.15. The van der Waals surface area contributed by atoms with Crippen LogP contribution in [0.25, 0.3) is 0 Å². The van der Waals surface area contributed by atoms with Gasteiger partial charge in [-0.3, -0.25) is 9.59 Å². The van der Waals surface area contributed by atoms with Gasteiger partial charge in [-0.15, -0.1) is 11.3 Å². The summed E-state index contributed by atoms with van der Waals surface area (Å²) in [4.78, 5) is 33.6. The smallest absolute Gasteiger partial charge is 0.263 e. The lowest BCUT2D eigenvalue weighted by Gasteiger charge is -2.33. The Morgan fingerprint density at radius 3 is 3.00 bits per heavy atom. The van der Waals surface area contributed by atoms with Gasteiger partial charge in [0.25, 0.3) is 5.91 Å². The molecule has 0 bridgehead atoms. The van der Waals surface area contributed by atoms with Crippen LogP contribution >= 0.6 is 11.3 Å². The van der Waals surface area contributed by atoms with Crippen molar-refractivity contribution in [2.75, 3.05) is 20.1 Å². The third-order valence-electron chi connectivity index (χ3n) is 4.36. The zero-order valence-electron chi connectivity index (χ0n) is 14.5. The largest absolute Gasteiger partial charge is 0.337 e. The van der Waals surface area contributed by atoms with Crippen molar-refractivity contribution in [2.24, 2.45) is 5.92 Å². The Labute approximate surface area is 150 Å². The molecule has 0 radical (unpaired) electrons. The van der Waals surface area contributed by atoms with Gasteiger partial charge in [-0.05, 0) is 24.3 Å². The standard InChI is InChI=1S/C17H22N4O3S/c1-3-14-18-15(24-19-14)11-20(2)16(22)12-6-4-8-21(10-12)17(23)13-7-5-9-25-13/h5,7,9,12H,3-4,6,8,10-11H2,1-2H3. The molecule has 134 valence electrons. The molecule has 3 rings (SSSR count). The Morgan fingerprint density at radius 2 is 2.32 bits per heavy atom. The van der Waals surface area contributed by atoms with E-state index in [1.54, 1.807) is 16.8 Å². The summed E-state index contributed by atoms with van der Waals surface area (Å²) >= 11 is 1.43. The van der Waals surface area contributed by atoms with Crippen LogP contribution in [0.2, 0.25) is 0 Å². The second-order valence-corrected chi connectivity index (χ2v) is 7.17. The quantitative estimate of drug-likeness (QED) is 0.815. The molecular formula is C17H22N4O3S. The lowest BCUT2D eigenvalue weighted by Crippen LogP contribution is -2.45. The number of piperidine rings is 1. The van der Waals surface area contributed by atoms with E-state index in [1.165, 1.54) is 11.3 Å². The highest BCUT2D eigenvalue weighted by molar-refractivity contribution is 7.12. The molecule has 2 aromatic rings. The fraction of sp³-hybridized carbons (Fsp3) is 0.529. The van der Waals surface area contributed by atoms with Gasteiger partial charge >= 0.3 is 0 Å². The number of thiophene rings is 1. The molecular weight excluding hydrogens is 340 g/mol. The molecule has 0 saturated carbocycles. The van der Waals surface area contributed by atoms with Crippen LogP contribution in [-0.2, 0) is 17.8 Å². The van der Waals surface area contributed by atoms with Gasteiger partial charge in [0.1, 0.15) is 0 Å². The number of amides is 2. The summed E-state index contributed by atoms with van der Waals surface area (Å²) in [6, 6.07) is 3.69. The highest BCUT2D eigenvalue weighted by Crippen LogP contribution is 2.22. The Bertz CT molecular complexity index is 728. The minimum atomic E-state index is -0.184. The van der Waals surface area contributed by atoms with Gasteiger partial charge < -0.3 is 14.3 Å². The summed E-state index contributed by atoms with van der Waals surface area (Å²) in [5.74, 6) is 0.923. The summed E-state index contributed by atoms with van der Waals surface area (Å²) in [5, 5.41) is 5.74. The average molecular weight is 362 g/mol. The molecule has 1 atom stereocenters. The lowest BCUT2D eigenvalue weighted by atomic mass is 9.96.